The normalized spacial score (nSPS) is 13.7. The highest BCUT2D eigenvalue weighted by molar-refractivity contribution is 6.30. The molecule has 0 aromatic heterocycles. The average Bonchev–Trinajstić information content (AvgIpc) is 2.02. The van der Waals surface area contributed by atoms with Crippen LogP contribution in [-0.2, 0) is 4.79 Å². The predicted octanol–water partition coefficient (Wildman–Crippen LogP) is 3.18. The van der Waals surface area contributed by atoms with Gasteiger partial charge in [-0.2, -0.15) is 13.2 Å². The minimum atomic E-state index is -4.56. The molecule has 1 nitrogen and oxygen atoms in total. The van der Waals surface area contributed by atoms with Gasteiger partial charge >= 0.3 is 6.18 Å². The maximum atomic E-state index is 12.3. The van der Waals surface area contributed by atoms with Crippen LogP contribution >= 0.6 is 11.6 Å². The molecule has 0 radical (unpaired) electrons. The Kier molecular flexibility index (Phi) is 3.16. The van der Waals surface area contributed by atoms with Crippen molar-refractivity contribution < 1.29 is 18.0 Å². The molecule has 0 fully saturated rings. The van der Waals surface area contributed by atoms with E-state index in [9.17, 15) is 18.0 Å². The lowest BCUT2D eigenvalue weighted by molar-refractivity contribution is -0.155. The van der Waals surface area contributed by atoms with E-state index in [1.54, 1.807) is 0 Å². The van der Waals surface area contributed by atoms with E-state index in [2.05, 4.69) is 0 Å². The first kappa shape index (κ1) is 11.0. The molecule has 1 rings (SSSR count). The number of benzene rings is 1. The molecule has 0 aliphatic carbocycles. The van der Waals surface area contributed by atoms with Crippen molar-refractivity contribution in [3.8, 4) is 0 Å². The number of rotatable bonds is 2. The summed E-state index contributed by atoms with van der Waals surface area (Å²) < 4.78 is 36.8. The van der Waals surface area contributed by atoms with Gasteiger partial charge in [-0.3, -0.25) is 0 Å². The topological polar surface area (TPSA) is 17.1 Å². The molecule has 0 saturated heterocycles. The third kappa shape index (κ3) is 2.48. The summed E-state index contributed by atoms with van der Waals surface area (Å²) in [5, 5.41) is 0.179. The van der Waals surface area contributed by atoms with Crippen molar-refractivity contribution in [1.82, 2.24) is 0 Å². The van der Waals surface area contributed by atoms with E-state index in [1.165, 1.54) is 18.2 Å². The van der Waals surface area contributed by atoms with Gasteiger partial charge in [-0.25, -0.2) is 0 Å². The van der Waals surface area contributed by atoms with Crippen LogP contribution in [0.15, 0.2) is 24.3 Å². The van der Waals surface area contributed by atoms with Crippen LogP contribution in [-0.4, -0.2) is 12.5 Å². The Morgan fingerprint density at radius 2 is 2.00 bits per heavy atom. The van der Waals surface area contributed by atoms with E-state index in [1.807, 2.05) is 0 Å². The summed E-state index contributed by atoms with van der Waals surface area (Å²) in [6.07, 6.45) is -4.70. The zero-order valence-electron chi connectivity index (χ0n) is 6.88. The van der Waals surface area contributed by atoms with Crippen LogP contribution in [0.25, 0.3) is 0 Å². The number of carbonyl (C=O) groups excluding carboxylic acids is 1. The minimum absolute atomic E-state index is 0.133. The van der Waals surface area contributed by atoms with Crippen molar-refractivity contribution in [2.24, 2.45) is 0 Å². The van der Waals surface area contributed by atoms with Gasteiger partial charge in [-0.1, -0.05) is 23.7 Å². The molecule has 0 saturated carbocycles. The highest BCUT2D eigenvalue weighted by Crippen LogP contribution is 2.33. The smallest absolute Gasteiger partial charge is 0.302 e. The molecule has 0 bridgehead atoms. The fourth-order valence-electron chi connectivity index (χ4n) is 1.04. The van der Waals surface area contributed by atoms with Gasteiger partial charge in [0.05, 0.1) is 0 Å². The molecule has 76 valence electrons. The van der Waals surface area contributed by atoms with Crippen molar-refractivity contribution in [1.29, 1.82) is 0 Å². The predicted molar refractivity (Wildman–Crippen MR) is 46.3 cm³/mol. The number of aldehydes is 1. The maximum Gasteiger partial charge on any atom is 0.402 e. The summed E-state index contributed by atoms with van der Waals surface area (Å²) in [5.41, 5.74) is -0.139. The number of hydrogen-bond donors (Lipinski definition) is 0. The standard InChI is InChI=1S/C9H6ClF3O/c10-7-3-1-2-6(4-7)8(5-14)9(11,12)13/h1-5,8H. The quantitative estimate of drug-likeness (QED) is 0.703. The zero-order chi connectivity index (χ0) is 10.8. The minimum Gasteiger partial charge on any atom is -0.302 e. The van der Waals surface area contributed by atoms with Crippen LogP contribution in [0.5, 0.6) is 0 Å². The third-order valence-corrected chi connectivity index (χ3v) is 1.93. The highest BCUT2D eigenvalue weighted by Gasteiger charge is 2.40. The van der Waals surface area contributed by atoms with E-state index in [4.69, 9.17) is 11.6 Å². The van der Waals surface area contributed by atoms with Crippen molar-refractivity contribution in [3.63, 3.8) is 0 Å². The largest absolute Gasteiger partial charge is 0.402 e. The molecule has 0 N–H and O–H groups in total. The fourth-order valence-corrected chi connectivity index (χ4v) is 1.24. The Morgan fingerprint density at radius 1 is 1.36 bits per heavy atom. The molecular weight excluding hydrogens is 217 g/mol. The average molecular weight is 223 g/mol. The number of hydrogen-bond acceptors (Lipinski definition) is 1. The molecule has 1 atom stereocenters. The molecule has 1 aromatic carbocycles. The van der Waals surface area contributed by atoms with E-state index in [-0.39, 0.29) is 16.9 Å². The Balaban J connectivity index is 3.07. The number of halogens is 4. The van der Waals surface area contributed by atoms with Crippen molar-refractivity contribution in [2.75, 3.05) is 0 Å². The fraction of sp³-hybridized carbons (Fsp3) is 0.222. The van der Waals surface area contributed by atoms with Crippen LogP contribution in [0.4, 0.5) is 13.2 Å². The van der Waals surface area contributed by atoms with Crippen molar-refractivity contribution in [2.45, 2.75) is 12.1 Å². The van der Waals surface area contributed by atoms with Gasteiger partial charge in [0.2, 0.25) is 0 Å². The van der Waals surface area contributed by atoms with Gasteiger partial charge in [-0.05, 0) is 17.7 Å². The van der Waals surface area contributed by atoms with E-state index < -0.39 is 12.1 Å². The van der Waals surface area contributed by atoms with Crippen LogP contribution in [0.3, 0.4) is 0 Å². The van der Waals surface area contributed by atoms with Crippen LogP contribution in [0.2, 0.25) is 5.02 Å². The van der Waals surface area contributed by atoms with Gasteiger partial charge in [0.1, 0.15) is 12.2 Å². The Labute approximate surface area is 83.5 Å². The molecular formula is C9H6ClF3O. The van der Waals surface area contributed by atoms with Crippen molar-refractivity contribution in [3.05, 3.63) is 34.9 Å². The number of carbonyl (C=O) groups is 1. The summed E-state index contributed by atoms with van der Waals surface area (Å²) in [5.74, 6) is -2.10. The Hall–Kier alpha value is -1.03. The maximum absolute atomic E-state index is 12.3. The van der Waals surface area contributed by atoms with Gasteiger partial charge in [0, 0.05) is 5.02 Å². The summed E-state index contributed by atoms with van der Waals surface area (Å²) in [6.45, 7) is 0. The van der Waals surface area contributed by atoms with Gasteiger partial charge in [0.25, 0.3) is 0 Å². The van der Waals surface area contributed by atoms with Gasteiger partial charge < -0.3 is 4.79 Å². The monoisotopic (exact) mass is 222 g/mol. The van der Waals surface area contributed by atoms with Crippen LogP contribution < -0.4 is 0 Å². The Morgan fingerprint density at radius 3 is 2.43 bits per heavy atom. The van der Waals surface area contributed by atoms with Crippen LogP contribution in [0, 0.1) is 0 Å². The number of alkyl halides is 3. The highest BCUT2D eigenvalue weighted by atomic mass is 35.5. The second-order valence-electron chi connectivity index (χ2n) is 2.71. The second kappa shape index (κ2) is 4.00. The lowest BCUT2D eigenvalue weighted by Gasteiger charge is -2.14. The first-order valence-corrected chi connectivity index (χ1v) is 4.10. The summed E-state index contributed by atoms with van der Waals surface area (Å²) >= 11 is 5.51. The lowest BCUT2D eigenvalue weighted by Crippen LogP contribution is -2.21. The van der Waals surface area contributed by atoms with E-state index in [0.717, 1.165) is 6.07 Å². The lowest BCUT2D eigenvalue weighted by atomic mass is 10.0. The SMILES string of the molecule is O=CC(c1cccc(Cl)c1)C(F)(F)F. The molecule has 0 aliphatic heterocycles. The Bertz CT molecular complexity index is 335. The van der Waals surface area contributed by atoms with Gasteiger partial charge in [0.15, 0.2) is 0 Å². The van der Waals surface area contributed by atoms with Crippen LogP contribution in [0.1, 0.15) is 11.5 Å². The second-order valence-corrected chi connectivity index (χ2v) is 3.15. The van der Waals surface area contributed by atoms with E-state index >= 15 is 0 Å². The molecule has 5 heteroatoms. The molecule has 1 unspecified atom stereocenters. The molecule has 14 heavy (non-hydrogen) atoms. The molecule has 0 amide bonds. The first-order chi connectivity index (χ1) is 6.45. The van der Waals surface area contributed by atoms with Gasteiger partial charge in [-0.15, -0.1) is 0 Å². The van der Waals surface area contributed by atoms with Crippen molar-refractivity contribution >= 4 is 17.9 Å². The molecule has 0 heterocycles. The summed E-state index contributed by atoms with van der Waals surface area (Å²) in [7, 11) is 0. The third-order valence-electron chi connectivity index (χ3n) is 1.70. The zero-order valence-corrected chi connectivity index (χ0v) is 7.64. The summed E-state index contributed by atoms with van der Waals surface area (Å²) in [6, 6.07) is 5.18. The first-order valence-electron chi connectivity index (χ1n) is 3.72. The summed E-state index contributed by atoms with van der Waals surface area (Å²) in [4.78, 5) is 10.3. The van der Waals surface area contributed by atoms with E-state index in [0.29, 0.717) is 0 Å². The molecule has 0 spiro atoms. The molecule has 0 aliphatic rings. The molecule has 1 aromatic rings.